The van der Waals surface area contributed by atoms with Crippen LogP contribution in [0.25, 0.3) is 0 Å². The minimum Gasteiger partial charge on any atom is -0.465 e. The first-order valence-electron chi connectivity index (χ1n) is 6.03. The summed E-state index contributed by atoms with van der Waals surface area (Å²) in [7, 11) is 0. The molecule has 0 atom stereocenters. The van der Waals surface area contributed by atoms with E-state index in [4.69, 9.17) is 0 Å². The second kappa shape index (κ2) is 8.07. The number of esters is 1. The van der Waals surface area contributed by atoms with Crippen molar-refractivity contribution in [2.24, 2.45) is 0 Å². The molecular formula is C13H17FN2O3. The highest BCUT2D eigenvalue weighted by atomic mass is 19.1. The van der Waals surface area contributed by atoms with E-state index in [1.165, 1.54) is 12.1 Å². The maximum absolute atomic E-state index is 12.9. The third kappa shape index (κ3) is 6.40. The minimum atomic E-state index is -0.484. The molecule has 0 unspecified atom stereocenters. The van der Waals surface area contributed by atoms with Crippen LogP contribution < -0.4 is 10.6 Å². The lowest BCUT2D eigenvalue weighted by Crippen LogP contribution is -2.39. The Balaban J connectivity index is 2.18. The molecule has 0 aliphatic heterocycles. The Kier molecular flexibility index (Phi) is 6.35. The van der Waals surface area contributed by atoms with Crippen molar-refractivity contribution in [3.05, 3.63) is 35.6 Å². The van der Waals surface area contributed by atoms with E-state index in [0.29, 0.717) is 13.0 Å². The molecular weight excluding hydrogens is 251 g/mol. The molecule has 0 aromatic heterocycles. The second-order valence-electron chi connectivity index (χ2n) is 3.79. The molecule has 2 N–H and O–H groups in total. The van der Waals surface area contributed by atoms with Crippen molar-refractivity contribution in [3.8, 4) is 0 Å². The summed E-state index contributed by atoms with van der Waals surface area (Å²) in [5.74, 6) is -0.785. The van der Waals surface area contributed by atoms with E-state index in [1.54, 1.807) is 19.1 Å². The summed E-state index contributed by atoms with van der Waals surface area (Å²) >= 11 is 0. The SMILES string of the molecule is CCOC(=O)CNC(=O)NCCc1cccc(F)c1. The van der Waals surface area contributed by atoms with Gasteiger partial charge in [-0.05, 0) is 31.0 Å². The van der Waals surface area contributed by atoms with Gasteiger partial charge in [0.25, 0.3) is 0 Å². The van der Waals surface area contributed by atoms with Crippen molar-refractivity contribution in [1.29, 1.82) is 0 Å². The largest absolute Gasteiger partial charge is 0.465 e. The Morgan fingerprint density at radius 1 is 1.32 bits per heavy atom. The number of benzene rings is 1. The Morgan fingerprint density at radius 3 is 2.79 bits per heavy atom. The fourth-order valence-electron chi connectivity index (χ4n) is 1.44. The first kappa shape index (κ1) is 14.9. The quantitative estimate of drug-likeness (QED) is 0.763. The number of hydrogen-bond donors (Lipinski definition) is 2. The number of urea groups is 1. The summed E-state index contributed by atoms with van der Waals surface area (Å²) in [6, 6.07) is 5.72. The highest BCUT2D eigenvalue weighted by molar-refractivity contribution is 5.80. The van der Waals surface area contributed by atoms with Crippen LogP contribution in [0.4, 0.5) is 9.18 Å². The number of ether oxygens (including phenoxy) is 1. The van der Waals surface area contributed by atoms with Gasteiger partial charge in [-0.2, -0.15) is 0 Å². The van der Waals surface area contributed by atoms with E-state index in [1.807, 2.05) is 0 Å². The molecule has 1 aromatic rings. The van der Waals surface area contributed by atoms with Crippen LogP contribution in [0.5, 0.6) is 0 Å². The van der Waals surface area contributed by atoms with Crippen molar-refractivity contribution >= 4 is 12.0 Å². The molecule has 0 heterocycles. The summed E-state index contributed by atoms with van der Waals surface area (Å²) in [6.45, 7) is 2.16. The lowest BCUT2D eigenvalue weighted by atomic mass is 10.1. The Bertz CT molecular complexity index is 438. The summed E-state index contributed by atoms with van der Waals surface area (Å²) in [4.78, 5) is 22.3. The molecule has 0 radical (unpaired) electrons. The van der Waals surface area contributed by atoms with Crippen LogP contribution in [-0.4, -0.2) is 31.7 Å². The third-order valence-corrected chi connectivity index (χ3v) is 2.29. The zero-order valence-electron chi connectivity index (χ0n) is 10.7. The average molecular weight is 268 g/mol. The minimum absolute atomic E-state index is 0.167. The number of halogens is 1. The van der Waals surface area contributed by atoms with Crippen LogP contribution in [0, 0.1) is 5.82 Å². The molecule has 0 spiro atoms. The van der Waals surface area contributed by atoms with Gasteiger partial charge in [0.2, 0.25) is 0 Å². The molecule has 0 bridgehead atoms. The predicted molar refractivity (Wildman–Crippen MR) is 68.1 cm³/mol. The average Bonchev–Trinajstić information content (AvgIpc) is 2.37. The maximum atomic E-state index is 12.9. The van der Waals surface area contributed by atoms with Gasteiger partial charge in [-0.15, -0.1) is 0 Å². The van der Waals surface area contributed by atoms with E-state index in [0.717, 1.165) is 5.56 Å². The highest BCUT2D eigenvalue weighted by Gasteiger charge is 2.05. The number of carbonyl (C=O) groups excluding carboxylic acids is 2. The standard InChI is InChI=1S/C13H17FN2O3/c1-2-19-12(17)9-16-13(18)15-7-6-10-4-3-5-11(14)8-10/h3-5,8H,2,6-7,9H2,1H3,(H2,15,16,18). The molecule has 0 saturated carbocycles. The van der Waals surface area contributed by atoms with Gasteiger partial charge >= 0.3 is 12.0 Å². The highest BCUT2D eigenvalue weighted by Crippen LogP contribution is 2.03. The molecule has 0 aliphatic rings. The molecule has 1 rings (SSSR count). The van der Waals surface area contributed by atoms with Crippen LogP contribution in [-0.2, 0) is 16.0 Å². The van der Waals surface area contributed by atoms with Gasteiger partial charge in [-0.25, -0.2) is 9.18 Å². The molecule has 0 fully saturated rings. The molecule has 0 saturated heterocycles. The lowest BCUT2D eigenvalue weighted by molar-refractivity contribution is -0.141. The molecule has 19 heavy (non-hydrogen) atoms. The van der Waals surface area contributed by atoms with Crippen LogP contribution in [0.1, 0.15) is 12.5 Å². The maximum Gasteiger partial charge on any atom is 0.325 e. The fourth-order valence-corrected chi connectivity index (χ4v) is 1.44. The Morgan fingerprint density at radius 2 is 2.11 bits per heavy atom. The Labute approximate surface area is 111 Å². The van der Waals surface area contributed by atoms with Gasteiger partial charge in [0.05, 0.1) is 6.61 Å². The molecule has 1 aromatic carbocycles. The van der Waals surface area contributed by atoms with Crippen molar-refractivity contribution in [1.82, 2.24) is 10.6 Å². The van der Waals surface area contributed by atoms with Gasteiger partial charge in [0, 0.05) is 6.54 Å². The molecule has 0 aliphatic carbocycles. The fraction of sp³-hybridized carbons (Fsp3) is 0.385. The zero-order valence-corrected chi connectivity index (χ0v) is 10.7. The van der Waals surface area contributed by atoms with Crippen LogP contribution in [0.15, 0.2) is 24.3 Å². The van der Waals surface area contributed by atoms with Gasteiger partial charge in [-0.1, -0.05) is 12.1 Å². The predicted octanol–water partition coefficient (Wildman–Crippen LogP) is 1.23. The number of hydrogen-bond acceptors (Lipinski definition) is 3. The summed E-state index contributed by atoms with van der Waals surface area (Å²) in [6.07, 6.45) is 0.518. The molecule has 2 amide bonds. The number of carbonyl (C=O) groups is 2. The van der Waals surface area contributed by atoms with Crippen molar-refractivity contribution in [3.63, 3.8) is 0 Å². The van der Waals surface area contributed by atoms with E-state index < -0.39 is 12.0 Å². The van der Waals surface area contributed by atoms with E-state index >= 15 is 0 Å². The first-order valence-corrected chi connectivity index (χ1v) is 6.03. The third-order valence-electron chi connectivity index (χ3n) is 2.29. The zero-order chi connectivity index (χ0) is 14.1. The van der Waals surface area contributed by atoms with Crippen molar-refractivity contribution in [2.45, 2.75) is 13.3 Å². The first-order chi connectivity index (χ1) is 9.11. The van der Waals surface area contributed by atoms with E-state index in [-0.39, 0.29) is 19.0 Å². The van der Waals surface area contributed by atoms with Crippen LogP contribution in [0.2, 0.25) is 0 Å². The number of amides is 2. The van der Waals surface area contributed by atoms with Crippen LogP contribution >= 0.6 is 0 Å². The normalized spacial score (nSPS) is 9.79. The van der Waals surface area contributed by atoms with Gasteiger partial charge in [0.15, 0.2) is 0 Å². The summed E-state index contributed by atoms with van der Waals surface area (Å²) < 4.78 is 17.5. The number of rotatable bonds is 6. The molecule has 6 heteroatoms. The van der Waals surface area contributed by atoms with E-state index in [9.17, 15) is 14.0 Å². The van der Waals surface area contributed by atoms with Gasteiger partial charge in [0.1, 0.15) is 12.4 Å². The number of nitrogens with one attached hydrogen (secondary N) is 2. The van der Waals surface area contributed by atoms with Crippen LogP contribution in [0.3, 0.4) is 0 Å². The molecule has 5 nitrogen and oxygen atoms in total. The Hall–Kier alpha value is -2.11. The lowest BCUT2D eigenvalue weighted by Gasteiger charge is -2.07. The van der Waals surface area contributed by atoms with Gasteiger partial charge < -0.3 is 15.4 Å². The summed E-state index contributed by atoms with van der Waals surface area (Å²) in [5.41, 5.74) is 0.797. The van der Waals surface area contributed by atoms with Crippen molar-refractivity contribution < 1.29 is 18.7 Å². The van der Waals surface area contributed by atoms with Crippen molar-refractivity contribution in [2.75, 3.05) is 19.7 Å². The second-order valence-corrected chi connectivity index (χ2v) is 3.79. The monoisotopic (exact) mass is 268 g/mol. The smallest absolute Gasteiger partial charge is 0.325 e. The topological polar surface area (TPSA) is 67.4 Å². The van der Waals surface area contributed by atoms with E-state index in [2.05, 4.69) is 15.4 Å². The molecule has 104 valence electrons. The van der Waals surface area contributed by atoms with Gasteiger partial charge in [-0.3, -0.25) is 4.79 Å². The summed E-state index contributed by atoms with van der Waals surface area (Å²) in [5, 5.41) is 4.93.